The number of hydrogen-bond donors (Lipinski definition) is 3. The van der Waals surface area contributed by atoms with Crippen LogP contribution in [-0.4, -0.2) is 20.6 Å². The first-order valence-corrected chi connectivity index (χ1v) is 8.91. The summed E-state index contributed by atoms with van der Waals surface area (Å²) in [5, 5.41) is 0.0684. The summed E-state index contributed by atoms with van der Waals surface area (Å²) in [6.45, 7) is 0. The summed E-state index contributed by atoms with van der Waals surface area (Å²) in [5.41, 5.74) is 5.24. The second kappa shape index (κ2) is 5.95. The van der Waals surface area contributed by atoms with Crippen LogP contribution in [0.1, 0.15) is 15.2 Å². The fourth-order valence-electron chi connectivity index (χ4n) is 2.03. The van der Waals surface area contributed by atoms with Crippen molar-refractivity contribution >= 4 is 35.3 Å². The fourth-order valence-corrected chi connectivity index (χ4v) is 3.32. The predicted octanol–water partition coefficient (Wildman–Crippen LogP) is 2.16. The molecule has 0 aliphatic heterocycles. The molecule has 1 aromatic carbocycles. The van der Waals surface area contributed by atoms with Crippen LogP contribution in [0.3, 0.4) is 0 Å². The molecule has 0 saturated heterocycles. The van der Waals surface area contributed by atoms with Gasteiger partial charge in [-0.05, 0) is 24.3 Å². The number of thiazole rings is 1. The van der Waals surface area contributed by atoms with Crippen molar-refractivity contribution in [3.05, 3.63) is 52.7 Å². The average molecular weight is 368 g/mol. The molecule has 0 aliphatic rings. The summed E-state index contributed by atoms with van der Waals surface area (Å²) in [6.07, 6.45) is 0. The van der Waals surface area contributed by atoms with E-state index in [-0.39, 0.29) is 27.0 Å². The zero-order chi connectivity index (χ0) is 17.5. The number of halogens is 1. The number of furan rings is 1. The first kappa shape index (κ1) is 16.5. The Kier molecular flexibility index (Phi) is 4.10. The van der Waals surface area contributed by atoms with Crippen molar-refractivity contribution in [2.45, 2.75) is 0 Å². The van der Waals surface area contributed by atoms with Crippen molar-refractivity contribution in [2.75, 3.05) is 5.73 Å². The monoisotopic (exact) mass is 368 g/mol. The largest absolute Gasteiger partial charge is 0.446 e. The number of anilines is 1. The summed E-state index contributed by atoms with van der Waals surface area (Å²) < 4.78 is 29.6. The Morgan fingerprint density at radius 1 is 1.29 bits per heavy atom. The number of carbonyl (C=O) groups is 1. The lowest BCUT2D eigenvalue weighted by molar-refractivity contribution is 0.104. The number of hydrogen-bond acceptors (Lipinski definition) is 6. The summed E-state index contributed by atoms with van der Waals surface area (Å²) in [6, 6.07) is 7.50. The van der Waals surface area contributed by atoms with Crippen LogP contribution in [0.2, 0.25) is 0 Å². The second-order valence-electron chi connectivity index (χ2n) is 4.75. The van der Waals surface area contributed by atoms with Crippen molar-refractivity contribution in [3.63, 3.8) is 0 Å². The van der Waals surface area contributed by atoms with Crippen LogP contribution >= 0.6 is 18.9 Å². The molecule has 3 aromatic rings. The van der Waals surface area contributed by atoms with Gasteiger partial charge in [0.05, 0.1) is 0 Å². The van der Waals surface area contributed by atoms with Crippen molar-refractivity contribution in [1.82, 2.24) is 4.98 Å². The van der Waals surface area contributed by atoms with Gasteiger partial charge in [-0.1, -0.05) is 23.5 Å². The highest BCUT2D eigenvalue weighted by molar-refractivity contribution is 7.59. The maximum atomic E-state index is 13.3. The number of nitrogens with zero attached hydrogens (tertiary/aromatic N) is 1. The number of rotatable bonds is 4. The standard InChI is InChI=1S/C14H10FN2O5PS/c15-8-3-1-2-7(6-8)12(18)13-11(17-14(16)24-13)9-4-5-10(22-9)23(19,20)21/h1-6H,(H2,16,17)(H2,19,20,21). The highest BCUT2D eigenvalue weighted by Crippen LogP contribution is 2.37. The van der Waals surface area contributed by atoms with Crippen molar-refractivity contribution in [3.8, 4) is 11.5 Å². The molecule has 4 N–H and O–H groups in total. The van der Waals surface area contributed by atoms with E-state index >= 15 is 0 Å². The first-order valence-electron chi connectivity index (χ1n) is 6.48. The van der Waals surface area contributed by atoms with E-state index in [0.717, 1.165) is 23.5 Å². The zero-order valence-corrected chi connectivity index (χ0v) is 13.6. The first-order chi connectivity index (χ1) is 11.3. The molecule has 0 unspecified atom stereocenters. The van der Waals surface area contributed by atoms with Crippen molar-refractivity contribution < 1.29 is 28.0 Å². The molecule has 3 rings (SSSR count). The molecule has 2 aromatic heterocycles. The Morgan fingerprint density at radius 2 is 2.04 bits per heavy atom. The van der Waals surface area contributed by atoms with E-state index in [2.05, 4.69) is 4.98 Å². The molecular weight excluding hydrogens is 358 g/mol. The molecule has 10 heteroatoms. The fraction of sp³-hybridized carbons (Fsp3) is 0. The molecule has 0 radical (unpaired) electrons. The molecular formula is C14H10FN2O5PS. The van der Waals surface area contributed by atoms with Gasteiger partial charge >= 0.3 is 7.60 Å². The van der Waals surface area contributed by atoms with Crippen LogP contribution in [0.15, 0.2) is 40.8 Å². The van der Waals surface area contributed by atoms with E-state index in [1.807, 2.05) is 0 Å². The van der Waals surface area contributed by atoms with E-state index in [9.17, 15) is 13.8 Å². The average Bonchev–Trinajstić information content (AvgIpc) is 3.12. The third-order valence-corrected chi connectivity index (χ3v) is 4.75. The highest BCUT2D eigenvalue weighted by atomic mass is 32.1. The van der Waals surface area contributed by atoms with Gasteiger partial charge in [-0.25, -0.2) is 9.37 Å². The molecule has 24 heavy (non-hydrogen) atoms. The topological polar surface area (TPSA) is 127 Å². The maximum Gasteiger partial charge on any atom is 0.391 e. The number of nitrogen functional groups attached to an aromatic ring is 1. The Hall–Kier alpha value is -2.32. The van der Waals surface area contributed by atoms with Crippen LogP contribution in [0, 0.1) is 5.82 Å². The van der Waals surface area contributed by atoms with Gasteiger partial charge < -0.3 is 19.9 Å². The normalized spacial score (nSPS) is 11.6. The number of benzene rings is 1. The zero-order valence-electron chi connectivity index (χ0n) is 11.8. The molecule has 0 spiro atoms. The van der Waals surface area contributed by atoms with E-state index in [1.165, 1.54) is 24.3 Å². The minimum absolute atomic E-state index is 0.0129. The molecule has 124 valence electrons. The molecule has 0 aliphatic carbocycles. The van der Waals surface area contributed by atoms with Crippen LogP contribution in [-0.2, 0) is 4.57 Å². The lowest BCUT2D eigenvalue weighted by Gasteiger charge is -2.01. The Balaban J connectivity index is 2.07. The van der Waals surface area contributed by atoms with Crippen LogP contribution < -0.4 is 11.2 Å². The summed E-state index contributed by atoms with van der Waals surface area (Å²) in [5.74, 6) is -1.10. The lowest BCUT2D eigenvalue weighted by Crippen LogP contribution is -2.01. The van der Waals surface area contributed by atoms with E-state index in [4.69, 9.17) is 19.9 Å². The Bertz CT molecular complexity index is 977. The lowest BCUT2D eigenvalue weighted by atomic mass is 10.1. The molecule has 0 fully saturated rings. The van der Waals surface area contributed by atoms with E-state index < -0.39 is 24.7 Å². The molecule has 0 saturated carbocycles. The summed E-state index contributed by atoms with van der Waals surface area (Å²) >= 11 is 0.875. The minimum Gasteiger partial charge on any atom is -0.446 e. The van der Waals surface area contributed by atoms with Gasteiger partial charge in [0.1, 0.15) is 16.4 Å². The number of ketones is 1. The predicted molar refractivity (Wildman–Crippen MR) is 85.7 cm³/mol. The van der Waals surface area contributed by atoms with Gasteiger partial charge in [-0.15, -0.1) is 0 Å². The highest BCUT2D eigenvalue weighted by Gasteiger charge is 2.26. The molecule has 0 bridgehead atoms. The van der Waals surface area contributed by atoms with Crippen LogP contribution in [0.25, 0.3) is 11.5 Å². The maximum absolute atomic E-state index is 13.3. The van der Waals surface area contributed by atoms with Crippen LogP contribution in [0.4, 0.5) is 9.52 Å². The molecule has 0 amide bonds. The molecule has 2 heterocycles. The third-order valence-electron chi connectivity index (χ3n) is 3.05. The van der Waals surface area contributed by atoms with Gasteiger partial charge in [0, 0.05) is 5.56 Å². The van der Waals surface area contributed by atoms with Crippen LogP contribution in [0.5, 0.6) is 0 Å². The minimum atomic E-state index is -4.57. The van der Waals surface area contributed by atoms with Gasteiger partial charge in [0.25, 0.3) is 0 Å². The molecule has 7 nitrogen and oxygen atoms in total. The SMILES string of the molecule is Nc1nc(-c2ccc(P(=O)(O)O)o2)c(C(=O)c2cccc(F)c2)s1. The summed E-state index contributed by atoms with van der Waals surface area (Å²) in [7, 11) is -4.57. The summed E-state index contributed by atoms with van der Waals surface area (Å²) in [4.78, 5) is 34.8. The second-order valence-corrected chi connectivity index (χ2v) is 7.31. The van der Waals surface area contributed by atoms with Crippen molar-refractivity contribution in [2.24, 2.45) is 0 Å². The van der Waals surface area contributed by atoms with E-state index in [0.29, 0.717) is 0 Å². The Labute approximate surface area is 138 Å². The number of aromatic nitrogens is 1. The van der Waals surface area contributed by atoms with Gasteiger partial charge in [-0.3, -0.25) is 9.36 Å². The van der Waals surface area contributed by atoms with E-state index in [1.54, 1.807) is 0 Å². The Morgan fingerprint density at radius 3 is 2.67 bits per heavy atom. The quantitative estimate of drug-likeness (QED) is 0.476. The number of carbonyl (C=O) groups excluding carboxylic acids is 1. The van der Waals surface area contributed by atoms with Gasteiger partial charge in [0.15, 0.2) is 10.9 Å². The molecule has 0 atom stereocenters. The number of nitrogens with two attached hydrogens (primary N) is 1. The van der Waals surface area contributed by atoms with Gasteiger partial charge in [-0.2, -0.15) is 0 Å². The smallest absolute Gasteiger partial charge is 0.391 e. The third kappa shape index (κ3) is 3.15. The van der Waals surface area contributed by atoms with Gasteiger partial charge in [0.2, 0.25) is 11.3 Å². The van der Waals surface area contributed by atoms with Crippen molar-refractivity contribution in [1.29, 1.82) is 0 Å².